The number of ketones is 1. The Kier molecular flexibility index (Phi) is 5.22. The number of phenolic OH excluding ortho intramolecular Hbond substituents is 1. The second-order valence-electron chi connectivity index (χ2n) is 5.40. The number of carbonyl (C=O) groups excluding carboxylic acids is 1. The Balaban J connectivity index is 1.91. The molecule has 0 saturated carbocycles. The van der Waals surface area contributed by atoms with Gasteiger partial charge in [-0.1, -0.05) is 12.1 Å². The highest BCUT2D eigenvalue weighted by atomic mass is 16.5. The summed E-state index contributed by atoms with van der Waals surface area (Å²) in [5, 5.41) is 9.95. The van der Waals surface area contributed by atoms with E-state index in [0.717, 1.165) is 37.7 Å². The van der Waals surface area contributed by atoms with Crippen LogP contribution < -0.4 is 4.74 Å². The quantitative estimate of drug-likeness (QED) is 0.911. The van der Waals surface area contributed by atoms with Gasteiger partial charge in [-0.3, -0.25) is 4.79 Å². The molecule has 0 amide bonds. The van der Waals surface area contributed by atoms with Gasteiger partial charge in [0.05, 0.1) is 7.11 Å². The van der Waals surface area contributed by atoms with Crippen LogP contribution in [0.15, 0.2) is 30.4 Å². The lowest BCUT2D eigenvalue weighted by molar-refractivity contribution is -0.114. The molecular formula is C17H22O3. The molecule has 1 aliphatic carbocycles. The molecule has 0 radical (unpaired) electrons. The number of aromatic hydroxyl groups is 1. The zero-order valence-electron chi connectivity index (χ0n) is 12.0. The third kappa shape index (κ3) is 4.12. The Morgan fingerprint density at radius 3 is 3.00 bits per heavy atom. The zero-order chi connectivity index (χ0) is 14.4. The van der Waals surface area contributed by atoms with E-state index in [1.165, 1.54) is 0 Å². The number of hydrogen-bond acceptors (Lipinski definition) is 3. The lowest BCUT2D eigenvalue weighted by Crippen LogP contribution is -2.06. The van der Waals surface area contributed by atoms with E-state index in [-0.39, 0.29) is 5.78 Å². The number of methoxy groups -OCH3 is 1. The number of rotatable bonds is 4. The number of ether oxygens (including phenoxy) is 1. The summed E-state index contributed by atoms with van der Waals surface area (Å²) in [6, 6.07) is 5.47. The van der Waals surface area contributed by atoms with Gasteiger partial charge >= 0.3 is 0 Å². The Morgan fingerprint density at radius 2 is 2.25 bits per heavy atom. The largest absolute Gasteiger partial charge is 0.508 e. The molecule has 3 heteroatoms. The highest BCUT2D eigenvalue weighted by Gasteiger charge is 2.12. The number of carbonyl (C=O) groups is 1. The van der Waals surface area contributed by atoms with Crippen molar-refractivity contribution in [3.8, 4) is 11.5 Å². The van der Waals surface area contributed by atoms with Gasteiger partial charge in [0.15, 0.2) is 5.78 Å². The molecule has 1 N–H and O–H groups in total. The summed E-state index contributed by atoms with van der Waals surface area (Å²) in [5.41, 5.74) is 0.966. The third-order valence-electron chi connectivity index (χ3n) is 3.92. The van der Waals surface area contributed by atoms with Crippen LogP contribution in [0.5, 0.6) is 11.5 Å². The minimum absolute atomic E-state index is 0.247. The van der Waals surface area contributed by atoms with Crippen molar-refractivity contribution in [2.45, 2.75) is 38.5 Å². The molecule has 1 aliphatic rings. The van der Waals surface area contributed by atoms with Gasteiger partial charge in [-0.2, -0.15) is 0 Å². The Morgan fingerprint density at radius 1 is 1.40 bits per heavy atom. The molecule has 0 fully saturated rings. The number of allylic oxidation sites excluding steroid dienone is 2. The SMILES string of the molecule is COc1ccc(CCC2CC=CC(=O)CCC2)c(O)c1. The maximum absolute atomic E-state index is 11.3. The zero-order valence-corrected chi connectivity index (χ0v) is 12.0. The number of phenols is 1. The first kappa shape index (κ1) is 14.6. The van der Waals surface area contributed by atoms with E-state index >= 15 is 0 Å². The normalized spacial score (nSPS) is 19.4. The van der Waals surface area contributed by atoms with Gasteiger partial charge in [-0.15, -0.1) is 0 Å². The van der Waals surface area contributed by atoms with Crippen molar-refractivity contribution in [2.24, 2.45) is 5.92 Å². The minimum atomic E-state index is 0.247. The summed E-state index contributed by atoms with van der Waals surface area (Å²) in [7, 11) is 1.59. The average molecular weight is 274 g/mol. The lowest BCUT2D eigenvalue weighted by atomic mass is 9.89. The van der Waals surface area contributed by atoms with Crippen molar-refractivity contribution in [1.82, 2.24) is 0 Å². The molecule has 0 saturated heterocycles. The Hall–Kier alpha value is -1.77. The van der Waals surface area contributed by atoms with Crippen molar-refractivity contribution >= 4 is 5.78 Å². The van der Waals surface area contributed by atoms with Gasteiger partial charge in [0.2, 0.25) is 0 Å². The first-order valence-corrected chi connectivity index (χ1v) is 7.24. The number of hydrogen-bond donors (Lipinski definition) is 1. The smallest absolute Gasteiger partial charge is 0.155 e. The molecule has 108 valence electrons. The molecule has 2 rings (SSSR count). The molecule has 0 heterocycles. The summed E-state index contributed by atoms with van der Waals surface area (Å²) in [6.07, 6.45) is 9.32. The van der Waals surface area contributed by atoms with E-state index in [1.54, 1.807) is 19.3 Å². The van der Waals surface area contributed by atoms with Crippen molar-refractivity contribution in [3.05, 3.63) is 35.9 Å². The molecule has 20 heavy (non-hydrogen) atoms. The van der Waals surface area contributed by atoms with Crippen LogP contribution >= 0.6 is 0 Å². The molecule has 1 aromatic carbocycles. The van der Waals surface area contributed by atoms with Gasteiger partial charge in [-0.25, -0.2) is 0 Å². The van der Waals surface area contributed by atoms with Crippen LogP contribution in [-0.2, 0) is 11.2 Å². The van der Waals surface area contributed by atoms with E-state index in [9.17, 15) is 9.90 Å². The molecule has 0 aromatic heterocycles. The molecule has 1 unspecified atom stereocenters. The number of benzene rings is 1. The summed E-state index contributed by atoms with van der Waals surface area (Å²) in [4.78, 5) is 11.3. The minimum Gasteiger partial charge on any atom is -0.508 e. The van der Waals surface area contributed by atoms with Crippen LogP contribution in [0.3, 0.4) is 0 Å². The highest BCUT2D eigenvalue weighted by molar-refractivity contribution is 5.89. The average Bonchev–Trinajstić information content (AvgIpc) is 2.42. The van der Waals surface area contributed by atoms with Gasteiger partial charge < -0.3 is 9.84 Å². The van der Waals surface area contributed by atoms with Crippen molar-refractivity contribution in [1.29, 1.82) is 0 Å². The summed E-state index contributed by atoms with van der Waals surface area (Å²) < 4.78 is 5.08. The first-order valence-electron chi connectivity index (χ1n) is 7.24. The van der Waals surface area contributed by atoms with E-state index in [0.29, 0.717) is 23.8 Å². The monoisotopic (exact) mass is 274 g/mol. The second kappa shape index (κ2) is 7.13. The summed E-state index contributed by atoms with van der Waals surface area (Å²) >= 11 is 0. The van der Waals surface area contributed by atoms with Crippen molar-refractivity contribution in [2.75, 3.05) is 7.11 Å². The highest BCUT2D eigenvalue weighted by Crippen LogP contribution is 2.28. The standard InChI is InChI=1S/C17H22O3/c1-20-16-11-10-14(17(19)12-16)9-8-13-4-2-6-15(18)7-3-5-13/h2,6,10-13,19H,3-5,7-9H2,1H3. The van der Waals surface area contributed by atoms with Gasteiger partial charge in [0.25, 0.3) is 0 Å². The maximum atomic E-state index is 11.3. The van der Waals surface area contributed by atoms with Gasteiger partial charge in [0, 0.05) is 12.5 Å². The topological polar surface area (TPSA) is 46.5 Å². The predicted octanol–water partition coefficient (Wildman–Crippen LogP) is 3.65. The lowest BCUT2D eigenvalue weighted by Gasteiger charge is -2.17. The Bertz CT molecular complexity index is 491. The fraction of sp³-hybridized carbons (Fsp3) is 0.471. The third-order valence-corrected chi connectivity index (χ3v) is 3.92. The Labute approximate surface area is 120 Å². The van der Waals surface area contributed by atoms with Gasteiger partial charge in [-0.05, 0) is 55.7 Å². The van der Waals surface area contributed by atoms with E-state index in [2.05, 4.69) is 0 Å². The fourth-order valence-corrected chi connectivity index (χ4v) is 2.66. The van der Waals surface area contributed by atoms with Crippen LogP contribution in [-0.4, -0.2) is 18.0 Å². The van der Waals surface area contributed by atoms with E-state index < -0.39 is 0 Å². The maximum Gasteiger partial charge on any atom is 0.155 e. The van der Waals surface area contributed by atoms with E-state index in [1.807, 2.05) is 18.2 Å². The fourth-order valence-electron chi connectivity index (χ4n) is 2.66. The molecule has 1 atom stereocenters. The molecule has 0 aliphatic heterocycles. The molecule has 1 aromatic rings. The van der Waals surface area contributed by atoms with Crippen LogP contribution in [0.1, 0.15) is 37.7 Å². The first-order chi connectivity index (χ1) is 9.69. The predicted molar refractivity (Wildman–Crippen MR) is 79.1 cm³/mol. The van der Waals surface area contributed by atoms with Crippen LogP contribution in [0.25, 0.3) is 0 Å². The van der Waals surface area contributed by atoms with Crippen LogP contribution in [0.4, 0.5) is 0 Å². The van der Waals surface area contributed by atoms with E-state index in [4.69, 9.17) is 4.74 Å². The van der Waals surface area contributed by atoms with Gasteiger partial charge in [0.1, 0.15) is 11.5 Å². The van der Waals surface area contributed by atoms with Crippen molar-refractivity contribution in [3.63, 3.8) is 0 Å². The summed E-state index contributed by atoms with van der Waals surface area (Å²) in [5.74, 6) is 1.83. The van der Waals surface area contributed by atoms with Crippen molar-refractivity contribution < 1.29 is 14.6 Å². The van der Waals surface area contributed by atoms with Crippen LogP contribution in [0, 0.1) is 5.92 Å². The number of aryl methyl sites for hydroxylation is 1. The van der Waals surface area contributed by atoms with Crippen LogP contribution in [0.2, 0.25) is 0 Å². The molecule has 0 bridgehead atoms. The molecular weight excluding hydrogens is 252 g/mol. The second-order valence-corrected chi connectivity index (χ2v) is 5.40. The summed E-state index contributed by atoms with van der Waals surface area (Å²) in [6.45, 7) is 0. The molecule has 0 spiro atoms. The molecule has 3 nitrogen and oxygen atoms in total.